The van der Waals surface area contributed by atoms with Gasteiger partial charge in [0, 0.05) is 0 Å². The monoisotopic (exact) mass is 142 g/mol. The molecule has 4 nitrogen and oxygen atoms in total. The Balaban J connectivity index is 2.21. The molecule has 4 heteroatoms. The summed E-state index contributed by atoms with van der Waals surface area (Å²) in [5.74, 6) is 0. The zero-order chi connectivity index (χ0) is 7.40. The summed E-state index contributed by atoms with van der Waals surface area (Å²) in [6, 6.07) is 1.88. The van der Waals surface area contributed by atoms with E-state index in [4.69, 9.17) is 15.1 Å². The van der Waals surface area contributed by atoms with Gasteiger partial charge in [0.1, 0.15) is 0 Å². The predicted molar refractivity (Wildman–Crippen MR) is 34.2 cm³/mol. The van der Waals surface area contributed by atoms with Gasteiger partial charge < -0.3 is 9.84 Å². The number of nitrogens with zero attached hydrogens (tertiary/aromatic N) is 1. The van der Waals surface area contributed by atoms with Crippen LogP contribution in [-0.2, 0) is 4.74 Å². The van der Waals surface area contributed by atoms with Gasteiger partial charge in [-0.1, -0.05) is 0 Å². The Hall–Kier alpha value is -0.630. The Bertz CT molecular complexity index is 143. The highest BCUT2D eigenvalue weighted by molar-refractivity contribution is 4.84. The third kappa shape index (κ3) is 1.67. The van der Waals surface area contributed by atoms with Crippen molar-refractivity contribution in [3.8, 4) is 6.07 Å². The van der Waals surface area contributed by atoms with Crippen LogP contribution in [0.25, 0.3) is 0 Å². The van der Waals surface area contributed by atoms with Gasteiger partial charge in [-0.25, -0.2) is 0 Å². The lowest BCUT2D eigenvalue weighted by molar-refractivity contribution is 0.122. The fourth-order valence-electron chi connectivity index (χ4n) is 0.915. The Morgan fingerprint density at radius 2 is 2.50 bits per heavy atom. The first kappa shape index (κ1) is 7.48. The van der Waals surface area contributed by atoms with Crippen LogP contribution >= 0.6 is 0 Å². The van der Waals surface area contributed by atoms with E-state index < -0.39 is 6.10 Å². The van der Waals surface area contributed by atoms with Gasteiger partial charge in [-0.2, -0.15) is 5.26 Å². The first-order valence-corrected chi connectivity index (χ1v) is 3.20. The van der Waals surface area contributed by atoms with Crippen molar-refractivity contribution in [3.63, 3.8) is 0 Å². The maximum atomic E-state index is 9.12. The van der Waals surface area contributed by atoms with Crippen LogP contribution in [0.1, 0.15) is 0 Å². The molecule has 0 aromatic heterocycles. The summed E-state index contributed by atoms with van der Waals surface area (Å²) in [7, 11) is 0. The second-order valence-electron chi connectivity index (χ2n) is 2.25. The molecular formula is C6H10N2O2. The van der Waals surface area contributed by atoms with Crippen molar-refractivity contribution in [2.75, 3.05) is 19.8 Å². The molecule has 0 amide bonds. The van der Waals surface area contributed by atoms with E-state index in [1.165, 1.54) is 0 Å². The average molecular weight is 142 g/mol. The molecule has 0 aliphatic carbocycles. The third-order valence-corrected chi connectivity index (χ3v) is 1.49. The number of ether oxygens (including phenoxy) is 1. The van der Waals surface area contributed by atoms with Crippen molar-refractivity contribution in [1.29, 1.82) is 5.26 Å². The molecule has 56 valence electrons. The van der Waals surface area contributed by atoms with Crippen molar-refractivity contribution in [2.24, 2.45) is 0 Å². The molecule has 2 unspecified atom stereocenters. The van der Waals surface area contributed by atoms with Crippen molar-refractivity contribution in [2.45, 2.75) is 12.1 Å². The highest BCUT2D eigenvalue weighted by Crippen LogP contribution is 2.03. The topological polar surface area (TPSA) is 65.3 Å². The number of aliphatic hydroxyl groups excluding tert-OH is 1. The molecule has 1 aliphatic heterocycles. The number of nitriles is 1. The van der Waals surface area contributed by atoms with Crippen molar-refractivity contribution in [1.82, 2.24) is 5.32 Å². The fourth-order valence-corrected chi connectivity index (χ4v) is 0.915. The van der Waals surface area contributed by atoms with Gasteiger partial charge >= 0.3 is 0 Å². The average Bonchev–Trinajstić information content (AvgIpc) is 2.31. The van der Waals surface area contributed by atoms with Gasteiger partial charge in [0.25, 0.3) is 0 Å². The van der Waals surface area contributed by atoms with Crippen LogP contribution in [0.4, 0.5) is 0 Å². The molecule has 0 bridgehead atoms. The summed E-state index contributed by atoms with van der Waals surface area (Å²) in [6.45, 7) is 1.15. The molecule has 1 aliphatic rings. The first-order valence-electron chi connectivity index (χ1n) is 3.20. The Labute approximate surface area is 59.4 Å². The molecule has 1 rings (SSSR count). The molecule has 0 aromatic rings. The fraction of sp³-hybridized carbons (Fsp3) is 0.833. The molecule has 0 saturated carbocycles. The van der Waals surface area contributed by atoms with E-state index in [9.17, 15) is 0 Å². The van der Waals surface area contributed by atoms with Gasteiger partial charge in [-0.3, -0.25) is 5.32 Å². The van der Waals surface area contributed by atoms with Gasteiger partial charge in [0.2, 0.25) is 0 Å². The molecular weight excluding hydrogens is 132 g/mol. The van der Waals surface area contributed by atoms with E-state index in [1.807, 2.05) is 6.07 Å². The Kier molecular flexibility index (Phi) is 2.63. The third-order valence-electron chi connectivity index (χ3n) is 1.49. The summed E-state index contributed by atoms with van der Waals surface area (Å²) in [6.07, 6.45) is -0.451. The van der Waals surface area contributed by atoms with Crippen molar-refractivity contribution < 1.29 is 9.84 Å². The van der Waals surface area contributed by atoms with E-state index >= 15 is 0 Å². The van der Waals surface area contributed by atoms with Gasteiger partial charge in [0.15, 0.2) is 0 Å². The number of nitrogens with one attached hydrogen (secondary N) is 1. The Morgan fingerprint density at radius 3 is 3.00 bits per heavy atom. The van der Waals surface area contributed by atoms with Crippen LogP contribution in [0.2, 0.25) is 0 Å². The number of hydrogen-bond acceptors (Lipinski definition) is 4. The zero-order valence-corrected chi connectivity index (χ0v) is 5.58. The SMILES string of the molecule is N#CCNC1COCC1O. The number of hydrogen-bond donors (Lipinski definition) is 2. The minimum absolute atomic E-state index is 0.0559. The molecule has 1 fully saturated rings. The second kappa shape index (κ2) is 3.52. The van der Waals surface area contributed by atoms with E-state index in [-0.39, 0.29) is 12.6 Å². The predicted octanol–water partition coefficient (Wildman–Crippen LogP) is -1.14. The van der Waals surface area contributed by atoms with Gasteiger partial charge in [-0.15, -0.1) is 0 Å². The van der Waals surface area contributed by atoms with Crippen molar-refractivity contribution in [3.05, 3.63) is 0 Å². The number of rotatable bonds is 2. The highest BCUT2D eigenvalue weighted by Gasteiger charge is 2.24. The lowest BCUT2D eigenvalue weighted by atomic mass is 10.2. The van der Waals surface area contributed by atoms with Crippen LogP contribution in [0.5, 0.6) is 0 Å². The van der Waals surface area contributed by atoms with E-state index in [0.717, 1.165) is 0 Å². The smallest absolute Gasteiger partial charge is 0.0948 e. The van der Waals surface area contributed by atoms with Crippen molar-refractivity contribution >= 4 is 0 Å². The van der Waals surface area contributed by atoms with Crippen LogP contribution in [0, 0.1) is 11.3 Å². The molecule has 0 aromatic carbocycles. The first-order chi connectivity index (χ1) is 4.84. The lowest BCUT2D eigenvalue weighted by Crippen LogP contribution is -2.38. The number of aliphatic hydroxyl groups is 1. The standard InChI is InChI=1S/C6H10N2O2/c7-1-2-8-5-3-10-4-6(5)9/h5-6,8-9H,2-4H2. The van der Waals surface area contributed by atoms with E-state index in [0.29, 0.717) is 13.2 Å². The summed E-state index contributed by atoms with van der Waals surface area (Å²) in [5, 5.41) is 20.1. The molecule has 1 heterocycles. The Morgan fingerprint density at radius 1 is 1.70 bits per heavy atom. The minimum Gasteiger partial charge on any atom is -0.389 e. The summed E-state index contributed by atoms with van der Waals surface area (Å²) in [4.78, 5) is 0. The maximum absolute atomic E-state index is 9.12. The quantitative estimate of drug-likeness (QED) is 0.478. The normalized spacial score (nSPS) is 32.0. The molecule has 1 saturated heterocycles. The second-order valence-corrected chi connectivity index (χ2v) is 2.25. The molecule has 2 atom stereocenters. The van der Waals surface area contributed by atoms with E-state index in [2.05, 4.69) is 5.32 Å². The maximum Gasteiger partial charge on any atom is 0.0948 e. The zero-order valence-electron chi connectivity index (χ0n) is 5.58. The van der Waals surface area contributed by atoms with E-state index in [1.54, 1.807) is 0 Å². The van der Waals surface area contributed by atoms with Gasteiger partial charge in [0.05, 0.1) is 38.0 Å². The lowest BCUT2D eigenvalue weighted by Gasteiger charge is -2.10. The minimum atomic E-state index is -0.451. The van der Waals surface area contributed by atoms with Crippen LogP contribution in [0.3, 0.4) is 0 Å². The molecule has 0 radical (unpaired) electrons. The van der Waals surface area contributed by atoms with Crippen LogP contribution < -0.4 is 5.32 Å². The molecule has 2 N–H and O–H groups in total. The van der Waals surface area contributed by atoms with Gasteiger partial charge in [-0.05, 0) is 0 Å². The largest absolute Gasteiger partial charge is 0.389 e. The van der Waals surface area contributed by atoms with Crippen LogP contribution in [0.15, 0.2) is 0 Å². The summed E-state index contributed by atoms with van der Waals surface area (Å²) >= 11 is 0. The summed E-state index contributed by atoms with van der Waals surface area (Å²) in [5.41, 5.74) is 0. The molecule has 10 heavy (non-hydrogen) atoms. The van der Waals surface area contributed by atoms with Crippen LogP contribution in [-0.4, -0.2) is 37.0 Å². The highest BCUT2D eigenvalue weighted by atomic mass is 16.5. The summed E-state index contributed by atoms with van der Waals surface area (Å²) < 4.78 is 4.94. The molecule has 0 spiro atoms.